The maximum atomic E-state index is 12.2. The van der Waals surface area contributed by atoms with E-state index < -0.39 is 5.97 Å². The molecule has 2 aromatic carbocycles. The summed E-state index contributed by atoms with van der Waals surface area (Å²) in [6, 6.07) is 18.2. The Hall–Kier alpha value is -4.64. The third kappa shape index (κ3) is 3.63. The average Bonchev–Trinajstić information content (AvgIpc) is 2.83. The maximum Gasteiger partial charge on any atom is 0.341 e. The van der Waals surface area contributed by atoms with Crippen LogP contribution in [0.15, 0.2) is 60.8 Å². The summed E-state index contributed by atoms with van der Waals surface area (Å²) in [7, 11) is 2.82. The number of hydrogen-bond acceptors (Lipinski definition) is 8. The summed E-state index contributed by atoms with van der Waals surface area (Å²) in [6.45, 7) is 0. The number of fused-ring (bicyclic) bond motifs is 1. The SMILES string of the molecule is COC(=O)c1cnc2nc(Oc3ccccc3)c(C#N)c(-c3ccc(OC)cc3)c2c1N. The molecule has 0 spiro atoms. The van der Waals surface area contributed by atoms with Gasteiger partial charge in [0, 0.05) is 11.8 Å². The second kappa shape index (κ2) is 8.62. The molecule has 0 atom stereocenters. The molecule has 0 aliphatic heterocycles. The van der Waals surface area contributed by atoms with Crippen molar-refractivity contribution >= 4 is 22.7 Å². The number of nitrogens with zero attached hydrogens (tertiary/aromatic N) is 3. The van der Waals surface area contributed by atoms with Crippen LogP contribution in [0.25, 0.3) is 22.2 Å². The standard InChI is InChI=1S/C24H18N4O4/c1-30-15-10-8-14(9-11-15)19-17(12-25)23(32-16-6-4-3-5-7-16)28-22-20(19)21(26)18(13-27-22)24(29)31-2/h3-11,13H,1-2H3,(H2,26,27,28). The molecule has 0 bridgehead atoms. The number of aromatic nitrogens is 2. The lowest BCUT2D eigenvalue weighted by molar-refractivity contribution is 0.0601. The highest BCUT2D eigenvalue weighted by Gasteiger charge is 2.24. The van der Waals surface area contributed by atoms with Gasteiger partial charge in [-0.25, -0.2) is 9.78 Å². The normalized spacial score (nSPS) is 10.4. The summed E-state index contributed by atoms with van der Waals surface area (Å²) in [5, 5.41) is 10.4. The minimum Gasteiger partial charge on any atom is -0.497 e. The molecule has 0 amide bonds. The Morgan fingerprint density at radius 2 is 1.75 bits per heavy atom. The first-order valence-corrected chi connectivity index (χ1v) is 9.55. The molecule has 0 aliphatic rings. The summed E-state index contributed by atoms with van der Waals surface area (Å²) >= 11 is 0. The lowest BCUT2D eigenvalue weighted by Crippen LogP contribution is -2.09. The molecule has 0 radical (unpaired) electrons. The van der Waals surface area contributed by atoms with E-state index in [1.54, 1.807) is 43.5 Å². The van der Waals surface area contributed by atoms with Gasteiger partial charge in [-0.05, 0) is 29.8 Å². The molecule has 0 fully saturated rings. The van der Waals surface area contributed by atoms with Gasteiger partial charge in [0.2, 0.25) is 5.88 Å². The van der Waals surface area contributed by atoms with Crippen LogP contribution in [0, 0.1) is 11.3 Å². The first-order chi connectivity index (χ1) is 15.6. The molecule has 4 rings (SSSR count). The fraction of sp³-hybridized carbons (Fsp3) is 0.0833. The van der Waals surface area contributed by atoms with Crippen LogP contribution in [0.5, 0.6) is 17.4 Å². The predicted octanol–water partition coefficient (Wildman–Crippen LogP) is 4.34. The molecule has 32 heavy (non-hydrogen) atoms. The molecule has 0 aliphatic carbocycles. The number of nitrogens with two attached hydrogens (primary N) is 1. The highest BCUT2D eigenvalue weighted by atomic mass is 16.5. The van der Waals surface area contributed by atoms with E-state index in [1.807, 2.05) is 18.2 Å². The van der Waals surface area contributed by atoms with Crippen LogP contribution in [-0.2, 0) is 4.74 Å². The van der Waals surface area contributed by atoms with Gasteiger partial charge in [0.05, 0.1) is 25.3 Å². The van der Waals surface area contributed by atoms with Crippen LogP contribution in [0.3, 0.4) is 0 Å². The van der Waals surface area contributed by atoms with E-state index in [9.17, 15) is 10.1 Å². The molecule has 158 valence electrons. The summed E-state index contributed by atoms with van der Waals surface area (Å²) in [5.74, 6) is 0.596. The molecule has 0 saturated carbocycles. The van der Waals surface area contributed by atoms with Gasteiger partial charge in [-0.1, -0.05) is 30.3 Å². The van der Waals surface area contributed by atoms with Crippen LogP contribution in [0.4, 0.5) is 5.69 Å². The zero-order valence-corrected chi connectivity index (χ0v) is 17.3. The van der Waals surface area contributed by atoms with E-state index in [0.29, 0.717) is 28.0 Å². The monoisotopic (exact) mass is 426 g/mol. The number of anilines is 1. The Labute approximate surface area is 183 Å². The van der Waals surface area contributed by atoms with Crippen molar-refractivity contribution in [1.82, 2.24) is 9.97 Å². The largest absolute Gasteiger partial charge is 0.497 e. The zero-order chi connectivity index (χ0) is 22.7. The molecular formula is C24H18N4O4. The molecule has 8 nitrogen and oxygen atoms in total. The van der Waals surface area contributed by atoms with Gasteiger partial charge in [0.25, 0.3) is 0 Å². The molecule has 0 unspecified atom stereocenters. The number of benzene rings is 2. The molecule has 2 aromatic heterocycles. The number of pyridine rings is 2. The first-order valence-electron chi connectivity index (χ1n) is 9.55. The van der Waals surface area contributed by atoms with Gasteiger partial charge < -0.3 is 19.9 Å². The topological polar surface area (TPSA) is 120 Å². The number of ether oxygens (including phenoxy) is 3. The van der Waals surface area contributed by atoms with Crippen LogP contribution in [-0.4, -0.2) is 30.2 Å². The summed E-state index contributed by atoms with van der Waals surface area (Å²) in [4.78, 5) is 20.9. The van der Waals surface area contributed by atoms with E-state index in [2.05, 4.69) is 16.0 Å². The quantitative estimate of drug-likeness (QED) is 0.468. The molecule has 0 saturated heterocycles. The molecule has 2 heterocycles. The number of rotatable bonds is 5. The van der Waals surface area contributed by atoms with Crippen LogP contribution < -0.4 is 15.2 Å². The van der Waals surface area contributed by atoms with Gasteiger partial charge in [-0.15, -0.1) is 0 Å². The van der Waals surface area contributed by atoms with E-state index >= 15 is 0 Å². The fourth-order valence-electron chi connectivity index (χ4n) is 3.33. The molecule has 2 N–H and O–H groups in total. The van der Waals surface area contributed by atoms with Gasteiger partial charge in [0.15, 0.2) is 5.65 Å². The third-order valence-corrected chi connectivity index (χ3v) is 4.87. The van der Waals surface area contributed by atoms with E-state index in [0.717, 1.165) is 0 Å². The zero-order valence-electron chi connectivity index (χ0n) is 17.3. The summed E-state index contributed by atoms with van der Waals surface area (Å²) in [6.07, 6.45) is 1.30. The molecule has 4 aromatic rings. The Morgan fingerprint density at radius 1 is 1.03 bits per heavy atom. The van der Waals surface area contributed by atoms with Gasteiger partial charge >= 0.3 is 5.97 Å². The van der Waals surface area contributed by atoms with Gasteiger partial charge in [-0.2, -0.15) is 10.2 Å². The number of carbonyl (C=O) groups is 1. The van der Waals surface area contributed by atoms with E-state index in [1.165, 1.54) is 13.3 Å². The molecule has 8 heteroatoms. The van der Waals surface area contributed by atoms with Crippen molar-refractivity contribution < 1.29 is 19.0 Å². The predicted molar refractivity (Wildman–Crippen MR) is 119 cm³/mol. The van der Waals surface area contributed by atoms with Crippen molar-refractivity contribution in [3.8, 4) is 34.6 Å². The Bertz CT molecular complexity index is 1350. The highest BCUT2D eigenvalue weighted by Crippen LogP contribution is 2.40. The van der Waals surface area contributed by atoms with Crippen molar-refractivity contribution in [2.45, 2.75) is 0 Å². The minimum atomic E-state index is -0.638. The Kier molecular flexibility index (Phi) is 5.55. The van der Waals surface area contributed by atoms with Crippen molar-refractivity contribution in [2.75, 3.05) is 20.0 Å². The van der Waals surface area contributed by atoms with Crippen molar-refractivity contribution in [2.24, 2.45) is 0 Å². The van der Waals surface area contributed by atoms with Gasteiger partial charge in [0.1, 0.15) is 28.7 Å². The summed E-state index contributed by atoms with van der Waals surface area (Å²) < 4.78 is 16.0. The average molecular weight is 426 g/mol. The smallest absolute Gasteiger partial charge is 0.341 e. The number of methoxy groups -OCH3 is 2. The van der Waals surface area contributed by atoms with Crippen molar-refractivity contribution in [3.63, 3.8) is 0 Å². The van der Waals surface area contributed by atoms with E-state index in [-0.39, 0.29) is 28.3 Å². The minimum absolute atomic E-state index is 0.0785. The highest BCUT2D eigenvalue weighted by molar-refractivity contribution is 6.10. The van der Waals surface area contributed by atoms with Crippen LogP contribution in [0.1, 0.15) is 15.9 Å². The number of para-hydroxylation sites is 1. The van der Waals surface area contributed by atoms with Crippen LogP contribution in [0.2, 0.25) is 0 Å². The summed E-state index contributed by atoms with van der Waals surface area (Å²) in [5.41, 5.74) is 8.04. The number of carbonyl (C=O) groups excluding carboxylic acids is 1. The van der Waals surface area contributed by atoms with E-state index in [4.69, 9.17) is 19.9 Å². The number of hydrogen-bond donors (Lipinski definition) is 1. The first kappa shape index (κ1) is 20.6. The number of nitrogen functional groups attached to an aromatic ring is 1. The van der Waals surface area contributed by atoms with Crippen molar-refractivity contribution in [1.29, 1.82) is 5.26 Å². The van der Waals surface area contributed by atoms with Gasteiger partial charge in [-0.3, -0.25) is 0 Å². The number of nitriles is 1. The lowest BCUT2D eigenvalue weighted by atomic mass is 9.95. The number of esters is 1. The van der Waals surface area contributed by atoms with Crippen LogP contribution >= 0.6 is 0 Å². The lowest BCUT2D eigenvalue weighted by Gasteiger charge is -2.16. The Balaban J connectivity index is 2.05. The fourth-order valence-corrected chi connectivity index (χ4v) is 3.33. The van der Waals surface area contributed by atoms with Crippen molar-refractivity contribution in [3.05, 3.63) is 71.9 Å². The maximum absolute atomic E-state index is 12.2. The molecular weight excluding hydrogens is 408 g/mol. The Morgan fingerprint density at radius 3 is 2.38 bits per heavy atom. The third-order valence-electron chi connectivity index (χ3n) is 4.87. The second-order valence-electron chi connectivity index (χ2n) is 6.70. The second-order valence-corrected chi connectivity index (χ2v) is 6.70.